The largest absolute Gasteiger partial charge is 0.463 e. The summed E-state index contributed by atoms with van der Waals surface area (Å²) in [7, 11) is 0. The summed E-state index contributed by atoms with van der Waals surface area (Å²) in [5, 5.41) is 23.5. The van der Waals surface area contributed by atoms with E-state index in [0.717, 1.165) is 25.7 Å². The Balaban J connectivity index is 0.00000231. The first-order valence-corrected chi connectivity index (χ1v) is 11.9. The first-order chi connectivity index (χ1) is 14.1. The van der Waals surface area contributed by atoms with E-state index in [4.69, 9.17) is 9.47 Å². The molecule has 0 spiro atoms. The number of aliphatic hydroxyl groups is 2. The molecule has 1 aliphatic heterocycles. The Bertz CT molecular complexity index is 754. The third-order valence-electron chi connectivity index (χ3n) is 9.92. The third kappa shape index (κ3) is 3.34. The van der Waals surface area contributed by atoms with Crippen LogP contribution in [0.2, 0.25) is 0 Å². The summed E-state index contributed by atoms with van der Waals surface area (Å²) in [6, 6.07) is 0. The lowest BCUT2D eigenvalue weighted by atomic mass is 9.53. The molecular formula is C24H38O7. The zero-order chi connectivity index (χ0) is 21.5. The molecule has 0 bridgehead atoms. The summed E-state index contributed by atoms with van der Waals surface area (Å²) in [4.78, 5) is 23.6. The van der Waals surface area contributed by atoms with Crippen LogP contribution in [0.5, 0.6) is 0 Å². The van der Waals surface area contributed by atoms with Crippen molar-refractivity contribution in [2.24, 2.45) is 35.0 Å². The molecule has 0 aromatic heterocycles. The minimum atomic E-state index is -0.887. The second kappa shape index (κ2) is 7.42. The van der Waals surface area contributed by atoms with Gasteiger partial charge < -0.3 is 25.2 Å². The molecule has 4 saturated carbocycles. The van der Waals surface area contributed by atoms with E-state index in [-0.39, 0.29) is 58.7 Å². The molecule has 176 valence electrons. The molecular weight excluding hydrogens is 400 g/mol. The average molecular weight is 439 g/mol. The van der Waals surface area contributed by atoms with Gasteiger partial charge in [0.15, 0.2) is 0 Å². The topological polar surface area (TPSA) is 125 Å². The Hall–Kier alpha value is -1.18. The van der Waals surface area contributed by atoms with Crippen molar-refractivity contribution in [1.82, 2.24) is 0 Å². The predicted octanol–water partition coefficient (Wildman–Crippen LogP) is 2.15. The summed E-state index contributed by atoms with van der Waals surface area (Å²) in [5.41, 5.74) is -1.75. The second-order valence-corrected chi connectivity index (χ2v) is 11.4. The molecule has 7 heteroatoms. The fourth-order valence-electron chi connectivity index (χ4n) is 8.61. The summed E-state index contributed by atoms with van der Waals surface area (Å²) < 4.78 is 11.2. The maximum atomic E-state index is 12.2. The number of esters is 2. The van der Waals surface area contributed by atoms with Crippen molar-refractivity contribution in [1.29, 1.82) is 0 Å². The molecule has 4 aliphatic carbocycles. The van der Waals surface area contributed by atoms with E-state index in [1.807, 2.05) is 6.92 Å². The molecule has 31 heavy (non-hydrogen) atoms. The van der Waals surface area contributed by atoms with Gasteiger partial charge in [-0.25, -0.2) is 0 Å². The lowest BCUT2D eigenvalue weighted by molar-refractivity contribution is -0.173. The number of ether oxygens (including phenoxy) is 2. The standard InChI is InChI=1S/C24H36O6.H2O/c1-13-20-19(30-21(13)26)11-18-17-5-4-15-10-16(29-14(2)25)6-7-23(15,27)12-24(17,28)9-8-22(18,20)3;/h13,15-20,27-28H,4-12H2,1-3H3;1H2/t13-,15-,16+,17-,18-,19-,20-,22-,23-,24-;/m0./s1. The van der Waals surface area contributed by atoms with Gasteiger partial charge in [-0.2, -0.15) is 0 Å². The predicted molar refractivity (Wildman–Crippen MR) is 112 cm³/mol. The van der Waals surface area contributed by atoms with E-state index in [2.05, 4.69) is 6.92 Å². The van der Waals surface area contributed by atoms with Gasteiger partial charge >= 0.3 is 11.9 Å². The zero-order valence-corrected chi connectivity index (χ0v) is 18.9. The minimum absolute atomic E-state index is 0. The molecule has 5 rings (SSSR count). The lowest BCUT2D eigenvalue weighted by Crippen LogP contribution is -2.55. The quantitative estimate of drug-likeness (QED) is 0.605. The maximum Gasteiger partial charge on any atom is 0.309 e. The molecule has 5 aliphatic rings. The Morgan fingerprint density at radius 2 is 1.81 bits per heavy atom. The summed E-state index contributed by atoms with van der Waals surface area (Å²) in [5.74, 6) is 0.324. The molecule has 0 amide bonds. The Morgan fingerprint density at radius 1 is 1.06 bits per heavy atom. The van der Waals surface area contributed by atoms with Crippen molar-refractivity contribution in [2.45, 2.75) is 102 Å². The minimum Gasteiger partial charge on any atom is -0.463 e. The number of fused-ring (bicyclic) bond motifs is 6. The molecule has 0 unspecified atom stereocenters. The fraction of sp³-hybridized carbons (Fsp3) is 0.917. The molecule has 10 atom stereocenters. The van der Waals surface area contributed by atoms with Gasteiger partial charge in [0, 0.05) is 19.3 Å². The van der Waals surface area contributed by atoms with Gasteiger partial charge in [-0.3, -0.25) is 9.59 Å². The number of hydrogen-bond acceptors (Lipinski definition) is 6. The highest BCUT2D eigenvalue weighted by Crippen LogP contribution is 2.67. The van der Waals surface area contributed by atoms with Crippen LogP contribution in [0.25, 0.3) is 0 Å². The van der Waals surface area contributed by atoms with Crippen LogP contribution in [0, 0.1) is 35.0 Å². The van der Waals surface area contributed by atoms with E-state index in [1.165, 1.54) is 6.92 Å². The summed E-state index contributed by atoms with van der Waals surface area (Å²) >= 11 is 0. The van der Waals surface area contributed by atoms with Gasteiger partial charge in [0.1, 0.15) is 12.2 Å². The Kier molecular flexibility index (Phi) is 5.51. The van der Waals surface area contributed by atoms with E-state index >= 15 is 0 Å². The number of carbonyl (C=O) groups excluding carboxylic acids is 2. The first-order valence-electron chi connectivity index (χ1n) is 11.9. The zero-order valence-electron chi connectivity index (χ0n) is 18.9. The molecule has 1 heterocycles. The monoisotopic (exact) mass is 438 g/mol. The van der Waals surface area contributed by atoms with Crippen molar-refractivity contribution >= 4 is 11.9 Å². The number of hydrogen-bond donors (Lipinski definition) is 2. The van der Waals surface area contributed by atoms with Gasteiger partial charge in [0.2, 0.25) is 0 Å². The SMILES string of the molecule is CC(=O)O[C@@H]1CC[C@]2(O)C[C@@]3(O)CC[C@]4(C)[C@@H]5[C@H](C[C@H]4[C@@H]3CC[C@H]2C1)OC(=O)[C@H]5C.O. The first kappa shape index (κ1) is 23.0. The van der Waals surface area contributed by atoms with Gasteiger partial charge in [-0.05, 0) is 74.5 Å². The van der Waals surface area contributed by atoms with E-state index in [1.54, 1.807) is 0 Å². The molecule has 1 saturated heterocycles. The number of rotatable bonds is 1. The van der Waals surface area contributed by atoms with Crippen molar-refractivity contribution in [3.05, 3.63) is 0 Å². The Labute approximate surface area is 184 Å². The van der Waals surface area contributed by atoms with Crippen LogP contribution in [0.15, 0.2) is 0 Å². The second-order valence-electron chi connectivity index (χ2n) is 11.4. The molecule has 7 nitrogen and oxygen atoms in total. The normalized spacial score (nSPS) is 53.1. The van der Waals surface area contributed by atoms with Gasteiger partial charge in [0.05, 0.1) is 17.1 Å². The third-order valence-corrected chi connectivity index (χ3v) is 9.92. The van der Waals surface area contributed by atoms with Crippen LogP contribution in [-0.4, -0.2) is 51.0 Å². The smallest absolute Gasteiger partial charge is 0.309 e. The van der Waals surface area contributed by atoms with Crippen molar-refractivity contribution in [3.8, 4) is 0 Å². The maximum absolute atomic E-state index is 12.2. The highest BCUT2D eigenvalue weighted by atomic mass is 16.6. The van der Waals surface area contributed by atoms with E-state index in [9.17, 15) is 19.8 Å². The average Bonchev–Trinajstić information content (AvgIpc) is 3.05. The molecule has 0 aromatic rings. The van der Waals surface area contributed by atoms with Crippen LogP contribution in [0.4, 0.5) is 0 Å². The van der Waals surface area contributed by atoms with Crippen LogP contribution in [0.3, 0.4) is 0 Å². The van der Waals surface area contributed by atoms with Crippen molar-refractivity contribution in [2.75, 3.05) is 0 Å². The van der Waals surface area contributed by atoms with E-state index in [0.29, 0.717) is 38.0 Å². The fourth-order valence-corrected chi connectivity index (χ4v) is 8.61. The number of carbonyl (C=O) groups is 2. The van der Waals surface area contributed by atoms with E-state index < -0.39 is 11.2 Å². The summed E-state index contributed by atoms with van der Waals surface area (Å²) in [6.07, 6.45) is 6.30. The van der Waals surface area contributed by atoms with Crippen LogP contribution >= 0.6 is 0 Å². The lowest BCUT2D eigenvalue weighted by Gasteiger charge is -2.54. The Morgan fingerprint density at radius 3 is 2.52 bits per heavy atom. The summed E-state index contributed by atoms with van der Waals surface area (Å²) in [6.45, 7) is 5.75. The van der Waals surface area contributed by atoms with Gasteiger partial charge in [0.25, 0.3) is 0 Å². The highest BCUT2D eigenvalue weighted by Gasteiger charge is 2.67. The molecule has 4 N–H and O–H groups in total. The highest BCUT2D eigenvalue weighted by molar-refractivity contribution is 5.75. The molecule has 0 aromatic carbocycles. The van der Waals surface area contributed by atoms with Gasteiger partial charge in [-0.15, -0.1) is 0 Å². The van der Waals surface area contributed by atoms with Crippen molar-refractivity contribution in [3.63, 3.8) is 0 Å². The van der Waals surface area contributed by atoms with Crippen LogP contribution in [0.1, 0.15) is 78.6 Å². The van der Waals surface area contributed by atoms with Crippen LogP contribution < -0.4 is 0 Å². The van der Waals surface area contributed by atoms with Gasteiger partial charge in [-0.1, -0.05) is 13.8 Å². The van der Waals surface area contributed by atoms with Crippen LogP contribution in [-0.2, 0) is 19.1 Å². The van der Waals surface area contributed by atoms with Crippen molar-refractivity contribution < 1.29 is 34.8 Å². The molecule has 5 fully saturated rings. The molecule has 0 radical (unpaired) electrons.